The zero-order valence-electron chi connectivity index (χ0n) is 19.5. The topological polar surface area (TPSA) is 89.1 Å². The van der Waals surface area contributed by atoms with Crippen molar-refractivity contribution in [1.82, 2.24) is 20.1 Å². The molecule has 176 valence electrons. The lowest BCUT2D eigenvalue weighted by molar-refractivity contribution is -0.115. The number of piperidine rings is 1. The predicted molar refractivity (Wildman–Crippen MR) is 132 cm³/mol. The number of aryl methyl sites for hydroxylation is 2. The molecule has 2 aliphatic rings. The summed E-state index contributed by atoms with van der Waals surface area (Å²) >= 11 is 0. The summed E-state index contributed by atoms with van der Waals surface area (Å²) in [4.78, 5) is 20.3. The minimum atomic E-state index is -0.532. The third-order valence-electron chi connectivity index (χ3n) is 6.89. The van der Waals surface area contributed by atoms with Crippen LogP contribution in [0, 0.1) is 6.92 Å². The van der Waals surface area contributed by atoms with Gasteiger partial charge >= 0.3 is 0 Å². The summed E-state index contributed by atoms with van der Waals surface area (Å²) in [6.07, 6.45) is 8.80. The van der Waals surface area contributed by atoms with Crippen LogP contribution in [0.4, 0.5) is 16.0 Å². The number of anilines is 2. The average molecular weight is 461 g/mol. The van der Waals surface area contributed by atoms with Crippen molar-refractivity contribution < 1.29 is 9.18 Å². The number of allylic oxidation sites excluding steroid dienone is 2. The first-order valence-corrected chi connectivity index (χ1v) is 11.7. The van der Waals surface area contributed by atoms with Gasteiger partial charge in [-0.1, -0.05) is 24.3 Å². The van der Waals surface area contributed by atoms with E-state index in [1.807, 2.05) is 31.2 Å². The number of hydrogen-bond acceptors (Lipinski definition) is 5. The number of nitrogen functional groups attached to an aromatic ring is 1. The van der Waals surface area contributed by atoms with Crippen LogP contribution in [0.15, 0.2) is 60.2 Å². The van der Waals surface area contributed by atoms with Crippen LogP contribution in [-0.2, 0) is 11.8 Å². The maximum absolute atomic E-state index is 15.5. The molecule has 0 bridgehead atoms. The van der Waals surface area contributed by atoms with Crippen molar-refractivity contribution in [2.75, 3.05) is 23.7 Å². The maximum Gasteiger partial charge on any atom is 0.262 e. The zero-order chi connectivity index (χ0) is 23.8. The number of benzene rings is 1. The third-order valence-corrected chi connectivity index (χ3v) is 6.89. The van der Waals surface area contributed by atoms with Crippen molar-refractivity contribution in [2.24, 2.45) is 7.05 Å². The fourth-order valence-corrected chi connectivity index (χ4v) is 5.02. The highest BCUT2D eigenvalue weighted by atomic mass is 19.1. The molecule has 8 heteroatoms. The molecule has 1 aliphatic carbocycles. The highest BCUT2D eigenvalue weighted by Crippen LogP contribution is 2.37. The molecule has 2 aromatic heterocycles. The van der Waals surface area contributed by atoms with Crippen LogP contribution in [0.5, 0.6) is 0 Å². The summed E-state index contributed by atoms with van der Waals surface area (Å²) in [5.74, 6) is -0.0595. The molecule has 0 radical (unpaired) electrons. The fourth-order valence-electron chi connectivity index (χ4n) is 5.02. The number of nitrogens with one attached hydrogen (secondary N) is 1. The first-order chi connectivity index (χ1) is 16.5. The molecular weight excluding hydrogens is 431 g/mol. The third kappa shape index (κ3) is 3.88. The van der Waals surface area contributed by atoms with Crippen LogP contribution in [-0.4, -0.2) is 39.8 Å². The molecule has 1 aromatic carbocycles. The van der Waals surface area contributed by atoms with Gasteiger partial charge in [0.05, 0.1) is 17.8 Å². The monoisotopic (exact) mass is 460 g/mol. The number of amides is 1. The van der Waals surface area contributed by atoms with Crippen LogP contribution in [0.3, 0.4) is 0 Å². The van der Waals surface area contributed by atoms with Crippen molar-refractivity contribution in [1.29, 1.82) is 0 Å². The lowest BCUT2D eigenvalue weighted by Crippen LogP contribution is -2.50. The Morgan fingerprint density at radius 1 is 1.32 bits per heavy atom. The Morgan fingerprint density at radius 2 is 2.18 bits per heavy atom. The highest BCUT2D eigenvalue weighted by molar-refractivity contribution is 6.12. The van der Waals surface area contributed by atoms with Crippen molar-refractivity contribution in [3.05, 3.63) is 71.3 Å². The second kappa shape index (κ2) is 9.02. The average Bonchev–Trinajstić information content (AvgIpc) is 3.18. The lowest BCUT2D eigenvalue weighted by atomic mass is 9.90. The Hall–Kier alpha value is -3.52. The van der Waals surface area contributed by atoms with Gasteiger partial charge in [0.1, 0.15) is 17.5 Å². The van der Waals surface area contributed by atoms with E-state index in [-0.39, 0.29) is 23.4 Å². The molecule has 1 aliphatic heterocycles. The van der Waals surface area contributed by atoms with E-state index >= 15 is 4.39 Å². The first-order valence-electron chi connectivity index (χ1n) is 11.7. The van der Waals surface area contributed by atoms with E-state index in [1.54, 1.807) is 35.1 Å². The molecule has 3 heterocycles. The Labute approximate surface area is 198 Å². The van der Waals surface area contributed by atoms with E-state index in [0.717, 1.165) is 41.3 Å². The van der Waals surface area contributed by atoms with Crippen LogP contribution in [0.2, 0.25) is 0 Å². The molecule has 3 aromatic rings. The molecule has 0 saturated carbocycles. The summed E-state index contributed by atoms with van der Waals surface area (Å²) in [7, 11) is 1.75. The van der Waals surface area contributed by atoms with Crippen molar-refractivity contribution >= 4 is 28.3 Å². The quantitative estimate of drug-likeness (QED) is 0.616. The first kappa shape index (κ1) is 22.3. The second-order valence-corrected chi connectivity index (χ2v) is 9.07. The van der Waals surface area contributed by atoms with Crippen molar-refractivity contribution in [3.63, 3.8) is 0 Å². The molecule has 0 spiro atoms. The van der Waals surface area contributed by atoms with E-state index in [1.165, 1.54) is 6.08 Å². The van der Waals surface area contributed by atoms with Gasteiger partial charge in [0.15, 0.2) is 0 Å². The van der Waals surface area contributed by atoms with Crippen molar-refractivity contribution in [2.45, 2.75) is 38.1 Å². The number of pyridine rings is 1. The number of fused-ring (bicyclic) bond motifs is 1. The second-order valence-electron chi connectivity index (χ2n) is 9.07. The molecule has 1 amide bonds. The van der Waals surface area contributed by atoms with E-state index in [0.29, 0.717) is 24.6 Å². The molecule has 1 saturated heterocycles. The van der Waals surface area contributed by atoms with Crippen LogP contribution in [0.25, 0.3) is 10.8 Å². The molecule has 1 unspecified atom stereocenters. The smallest absolute Gasteiger partial charge is 0.262 e. The highest BCUT2D eigenvalue weighted by Gasteiger charge is 2.34. The van der Waals surface area contributed by atoms with Crippen LogP contribution >= 0.6 is 0 Å². The Bertz CT molecular complexity index is 1300. The number of nitrogens with zero attached hydrogens (tertiary/aromatic N) is 4. The van der Waals surface area contributed by atoms with Crippen LogP contribution in [0.1, 0.15) is 36.3 Å². The molecular formula is C26H29FN6O. The Morgan fingerprint density at radius 3 is 2.88 bits per heavy atom. The number of aromatic nitrogens is 3. The minimum absolute atomic E-state index is 0.0803. The van der Waals surface area contributed by atoms with Gasteiger partial charge < -0.3 is 11.1 Å². The Balaban J connectivity index is 1.54. The van der Waals surface area contributed by atoms with E-state index in [4.69, 9.17) is 5.73 Å². The summed E-state index contributed by atoms with van der Waals surface area (Å²) < 4.78 is 17.0. The number of halogens is 1. The van der Waals surface area contributed by atoms with Crippen LogP contribution < -0.4 is 16.0 Å². The Kier molecular flexibility index (Phi) is 5.91. The molecule has 2 atom stereocenters. The minimum Gasteiger partial charge on any atom is -0.384 e. The molecule has 7 nitrogen and oxygen atoms in total. The summed E-state index contributed by atoms with van der Waals surface area (Å²) in [6.45, 7) is 3.56. The van der Waals surface area contributed by atoms with Gasteiger partial charge in [-0.25, -0.2) is 9.37 Å². The molecule has 3 N–H and O–H groups in total. The molecule has 5 rings (SSSR count). The van der Waals surface area contributed by atoms with Gasteiger partial charge in [0, 0.05) is 36.7 Å². The summed E-state index contributed by atoms with van der Waals surface area (Å²) in [6, 6.07) is 7.85. The number of rotatable bonds is 4. The lowest BCUT2D eigenvalue weighted by Gasteiger charge is -2.35. The standard InChI is InChI=1S/C26H29FN6O/c1-16-5-3-6-17-10-12-30-25(23(16)17)33(19-7-4-11-29-14-19)26(34)20-9-8-18(13-22(20)27)21-15-31-32(2)24(21)28/h3,5-6,9-10,12-13,15,18-19,29H,4,7-8,11,14,28H2,1-2H3/t18?,19-/m1/s1. The molecule has 1 fully saturated rings. The van der Waals surface area contributed by atoms with Gasteiger partial charge in [-0.2, -0.15) is 5.10 Å². The number of nitrogens with two attached hydrogens (primary N) is 1. The van der Waals surface area contributed by atoms with Crippen molar-refractivity contribution in [3.8, 4) is 0 Å². The van der Waals surface area contributed by atoms with E-state index in [9.17, 15) is 4.79 Å². The number of hydrogen-bond donors (Lipinski definition) is 2. The van der Waals surface area contributed by atoms with Gasteiger partial charge in [-0.05, 0) is 55.8 Å². The normalized spacial score (nSPS) is 20.7. The van der Waals surface area contributed by atoms with E-state index < -0.39 is 5.83 Å². The zero-order valence-corrected chi connectivity index (χ0v) is 19.5. The predicted octanol–water partition coefficient (Wildman–Crippen LogP) is 3.91. The number of carbonyl (C=O) groups is 1. The van der Waals surface area contributed by atoms with Gasteiger partial charge in [-0.15, -0.1) is 0 Å². The number of carbonyl (C=O) groups excluding carboxylic acids is 1. The van der Waals surface area contributed by atoms with Gasteiger partial charge in [-0.3, -0.25) is 14.4 Å². The fraction of sp³-hybridized carbons (Fsp3) is 0.346. The van der Waals surface area contributed by atoms with Gasteiger partial charge in [0.2, 0.25) is 0 Å². The molecule has 34 heavy (non-hydrogen) atoms. The summed E-state index contributed by atoms with van der Waals surface area (Å²) in [5.41, 5.74) is 7.97. The SMILES string of the molecule is Cc1cccc2ccnc(N(C(=O)C3=CCC(c4cnn(C)c4N)C=C3F)[C@@H]3CCCNC3)c12. The summed E-state index contributed by atoms with van der Waals surface area (Å²) in [5, 5.41) is 9.48. The largest absolute Gasteiger partial charge is 0.384 e. The van der Waals surface area contributed by atoms with E-state index in [2.05, 4.69) is 15.4 Å². The maximum atomic E-state index is 15.5. The van der Waals surface area contributed by atoms with Gasteiger partial charge in [0.25, 0.3) is 5.91 Å².